The lowest BCUT2D eigenvalue weighted by molar-refractivity contribution is 0.315. The number of nitrogens with one attached hydrogen (secondary N) is 1. The molecule has 0 aliphatic heterocycles. The molecule has 0 radical (unpaired) electrons. The molecule has 0 amide bonds. The average molecular weight is 317 g/mol. The summed E-state index contributed by atoms with van der Waals surface area (Å²) in [6.45, 7) is 2.26. The summed E-state index contributed by atoms with van der Waals surface area (Å²) in [5, 5.41) is 3.58. The van der Waals surface area contributed by atoms with Gasteiger partial charge in [0.2, 0.25) is 0 Å². The van der Waals surface area contributed by atoms with Crippen LogP contribution in [-0.2, 0) is 6.42 Å². The summed E-state index contributed by atoms with van der Waals surface area (Å²) in [6, 6.07) is 4.80. The van der Waals surface area contributed by atoms with E-state index in [1.807, 2.05) is 11.3 Å². The highest BCUT2D eigenvalue weighted by Crippen LogP contribution is 2.23. The van der Waals surface area contributed by atoms with Crippen LogP contribution in [0.1, 0.15) is 30.6 Å². The monoisotopic (exact) mass is 316 g/mol. The van der Waals surface area contributed by atoms with Gasteiger partial charge in [0, 0.05) is 10.9 Å². The van der Waals surface area contributed by atoms with E-state index in [-0.39, 0.29) is 0 Å². The molecule has 0 aromatic carbocycles. The molecular formula is C13H21BrN2S. The molecule has 17 heavy (non-hydrogen) atoms. The summed E-state index contributed by atoms with van der Waals surface area (Å²) < 4.78 is 1.23. The average Bonchev–Trinajstić information content (AvgIpc) is 2.73. The van der Waals surface area contributed by atoms with Crippen LogP contribution in [0.15, 0.2) is 15.9 Å². The molecule has 0 unspecified atom stereocenters. The number of nitrogens with two attached hydrogens (primary N) is 1. The minimum Gasteiger partial charge on any atom is -0.328 e. The van der Waals surface area contributed by atoms with Crippen LogP contribution < -0.4 is 11.1 Å². The Balaban J connectivity index is 1.57. The van der Waals surface area contributed by atoms with Gasteiger partial charge in [-0.2, -0.15) is 0 Å². The molecule has 1 fully saturated rings. The van der Waals surface area contributed by atoms with E-state index in [0.29, 0.717) is 6.04 Å². The van der Waals surface area contributed by atoms with Crippen LogP contribution in [-0.4, -0.2) is 19.1 Å². The van der Waals surface area contributed by atoms with Gasteiger partial charge in [-0.15, -0.1) is 11.3 Å². The van der Waals surface area contributed by atoms with Crippen LogP contribution >= 0.6 is 27.3 Å². The van der Waals surface area contributed by atoms with Crippen LogP contribution in [0.2, 0.25) is 0 Å². The smallest absolute Gasteiger partial charge is 0.0701 e. The number of hydrogen-bond acceptors (Lipinski definition) is 3. The van der Waals surface area contributed by atoms with Gasteiger partial charge in [0.1, 0.15) is 0 Å². The molecule has 1 aromatic heterocycles. The van der Waals surface area contributed by atoms with Gasteiger partial charge >= 0.3 is 0 Å². The van der Waals surface area contributed by atoms with Gasteiger partial charge in [-0.3, -0.25) is 0 Å². The quantitative estimate of drug-likeness (QED) is 0.819. The Morgan fingerprint density at radius 1 is 1.29 bits per heavy atom. The molecule has 1 aliphatic rings. The Morgan fingerprint density at radius 3 is 2.71 bits per heavy atom. The van der Waals surface area contributed by atoms with E-state index in [9.17, 15) is 0 Å². The predicted octanol–water partition coefficient (Wildman–Crippen LogP) is 3.16. The third-order valence-electron chi connectivity index (χ3n) is 3.50. The van der Waals surface area contributed by atoms with Crippen molar-refractivity contribution in [3.8, 4) is 0 Å². The van der Waals surface area contributed by atoms with Crippen molar-refractivity contribution < 1.29 is 0 Å². The summed E-state index contributed by atoms with van der Waals surface area (Å²) in [5.74, 6) is 0.852. The van der Waals surface area contributed by atoms with Gasteiger partial charge in [0.05, 0.1) is 3.79 Å². The highest BCUT2D eigenvalue weighted by atomic mass is 79.9. The Morgan fingerprint density at radius 2 is 2.06 bits per heavy atom. The van der Waals surface area contributed by atoms with Crippen molar-refractivity contribution in [2.24, 2.45) is 11.7 Å². The zero-order valence-corrected chi connectivity index (χ0v) is 12.5. The molecule has 0 bridgehead atoms. The van der Waals surface area contributed by atoms with Crippen LogP contribution in [0.4, 0.5) is 0 Å². The fraction of sp³-hybridized carbons (Fsp3) is 0.692. The summed E-state index contributed by atoms with van der Waals surface area (Å²) >= 11 is 5.33. The molecule has 0 atom stereocenters. The molecular weight excluding hydrogens is 296 g/mol. The first-order valence-electron chi connectivity index (χ1n) is 6.44. The first-order valence-corrected chi connectivity index (χ1v) is 8.05. The second-order valence-corrected chi connectivity index (χ2v) is 7.49. The number of thiophene rings is 1. The summed E-state index contributed by atoms with van der Waals surface area (Å²) in [7, 11) is 0. The molecule has 1 saturated carbocycles. The van der Waals surface area contributed by atoms with Gasteiger partial charge in [-0.25, -0.2) is 0 Å². The highest BCUT2D eigenvalue weighted by molar-refractivity contribution is 9.11. The first kappa shape index (κ1) is 13.5. The van der Waals surface area contributed by atoms with E-state index >= 15 is 0 Å². The van der Waals surface area contributed by atoms with E-state index in [2.05, 4.69) is 33.4 Å². The van der Waals surface area contributed by atoms with Crippen LogP contribution in [0.5, 0.6) is 0 Å². The van der Waals surface area contributed by atoms with Crippen molar-refractivity contribution in [2.75, 3.05) is 13.1 Å². The fourth-order valence-electron chi connectivity index (χ4n) is 2.40. The lowest BCUT2D eigenvalue weighted by Crippen LogP contribution is -2.32. The number of rotatable bonds is 5. The molecule has 96 valence electrons. The van der Waals surface area contributed by atoms with Gasteiger partial charge in [-0.05, 0) is 79.2 Å². The molecule has 3 N–H and O–H groups in total. The molecule has 1 aliphatic carbocycles. The second-order valence-electron chi connectivity index (χ2n) is 4.94. The molecule has 4 heteroatoms. The Kier molecular flexibility index (Phi) is 5.48. The van der Waals surface area contributed by atoms with Crippen LogP contribution in [0.25, 0.3) is 0 Å². The molecule has 0 saturated heterocycles. The van der Waals surface area contributed by atoms with Gasteiger partial charge in [-0.1, -0.05) is 0 Å². The fourth-order valence-corrected chi connectivity index (χ4v) is 3.88. The van der Waals surface area contributed by atoms with E-state index in [1.165, 1.54) is 40.9 Å². The van der Waals surface area contributed by atoms with Crippen molar-refractivity contribution in [3.05, 3.63) is 20.8 Å². The standard InChI is InChI=1S/C13H21BrN2S/c14-13-6-5-12(17-13)7-8-16-9-10-1-3-11(15)4-2-10/h5-6,10-11,16H,1-4,7-9,15H2. The third-order valence-corrected chi connectivity index (χ3v) is 5.18. The van der Waals surface area contributed by atoms with Crippen molar-refractivity contribution in [3.63, 3.8) is 0 Å². The van der Waals surface area contributed by atoms with Crippen molar-refractivity contribution in [1.82, 2.24) is 5.32 Å². The summed E-state index contributed by atoms with van der Waals surface area (Å²) in [6.07, 6.45) is 6.17. The van der Waals surface area contributed by atoms with Crippen LogP contribution in [0.3, 0.4) is 0 Å². The molecule has 0 spiro atoms. The second kappa shape index (κ2) is 6.88. The zero-order chi connectivity index (χ0) is 12.1. The number of hydrogen-bond donors (Lipinski definition) is 2. The topological polar surface area (TPSA) is 38.0 Å². The van der Waals surface area contributed by atoms with E-state index in [0.717, 1.165) is 18.9 Å². The molecule has 2 nitrogen and oxygen atoms in total. The predicted molar refractivity (Wildman–Crippen MR) is 78.5 cm³/mol. The maximum atomic E-state index is 5.91. The first-order chi connectivity index (χ1) is 8.24. The normalized spacial score (nSPS) is 25.1. The van der Waals surface area contributed by atoms with Crippen molar-refractivity contribution >= 4 is 27.3 Å². The summed E-state index contributed by atoms with van der Waals surface area (Å²) in [4.78, 5) is 1.45. The minimum absolute atomic E-state index is 0.467. The van der Waals surface area contributed by atoms with E-state index < -0.39 is 0 Å². The summed E-state index contributed by atoms with van der Waals surface area (Å²) in [5.41, 5.74) is 5.91. The maximum Gasteiger partial charge on any atom is 0.0701 e. The zero-order valence-electron chi connectivity index (χ0n) is 10.1. The molecule has 2 rings (SSSR count). The van der Waals surface area contributed by atoms with Crippen molar-refractivity contribution in [1.29, 1.82) is 0 Å². The Bertz CT molecular complexity index is 332. The Hall–Kier alpha value is 0.1000. The van der Waals surface area contributed by atoms with Gasteiger partial charge in [0.25, 0.3) is 0 Å². The van der Waals surface area contributed by atoms with Crippen LogP contribution in [0, 0.1) is 5.92 Å². The highest BCUT2D eigenvalue weighted by Gasteiger charge is 2.17. The largest absolute Gasteiger partial charge is 0.328 e. The SMILES string of the molecule is NC1CCC(CNCCc2ccc(Br)s2)CC1. The minimum atomic E-state index is 0.467. The van der Waals surface area contributed by atoms with E-state index in [1.54, 1.807) is 0 Å². The lowest BCUT2D eigenvalue weighted by atomic mass is 9.86. The van der Waals surface area contributed by atoms with Gasteiger partial charge < -0.3 is 11.1 Å². The molecule has 1 heterocycles. The lowest BCUT2D eigenvalue weighted by Gasteiger charge is -2.26. The third kappa shape index (κ3) is 4.70. The number of halogens is 1. The van der Waals surface area contributed by atoms with E-state index in [4.69, 9.17) is 5.73 Å². The Labute approximate surface area is 116 Å². The molecule has 1 aromatic rings. The van der Waals surface area contributed by atoms with Gasteiger partial charge in [0.15, 0.2) is 0 Å². The van der Waals surface area contributed by atoms with Crippen molar-refractivity contribution in [2.45, 2.75) is 38.1 Å². The maximum absolute atomic E-state index is 5.91.